The summed E-state index contributed by atoms with van der Waals surface area (Å²) < 4.78 is 40.3. The first-order valence-corrected chi connectivity index (χ1v) is 7.56. The minimum Gasteiger partial charge on any atom is -0.319 e. The summed E-state index contributed by atoms with van der Waals surface area (Å²) in [6, 6.07) is 10.0. The van der Waals surface area contributed by atoms with E-state index in [9.17, 15) is 22.8 Å². The molecular formula is C18H10F3N3O2. The Labute approximate surface area is 143 Å². The van der Waals surface area contributed by atoms with E-state index >= 15 is 0 Å². The second-order valence-corrected chi connectivity index (χ2v) is 5.70. The van der Waals surface area contributed by atoms with E-state index in [0.29, 0.717) is 16.4 Å². The topological polar surface area (TPSA) is 67.8 Å². The summed E-state index contributed by atoms with van der Waals surface area (Å²) in [6.45, 7) is 0. The summed E-state index contributed by atoms with van der Waals surface area (Å²) in [5.41, 5.74) is -0.751. The largest absolute Gasteiger partial charge is 0.416 e. The van der Waals surface area contributed by atoms with E-state index in [1.807, 2.05) is 0 Å². The third-order valence-electron chi connectivity index (χ3n) is 4.03. The summed E-state index contributed by atoms with van der Waals surface area (Å²) in [6.07, 6.45) is -3.04. The number of fused-ring (bicyclic) bond motifs is 3. The van der Waals surface area contributed by atoms with Gasteiger partial charge in [-0.15, -0.1) is 0 Å². The molecule has 0 unspecified atom stereocenters. The lowest BCUT2D eigenvalue weighted by atomic mass is 10.1. The van der Waals surface area contributed by atoms with Crippen molar-refractivity contribution in [1.82, 2.24) is 14.5 Å². The van der Waals surface area contributed by atoms with Gasteiger partial charge in [0.2, 0.25) is 5.56 Å². The zero-order valence-electron chi connectivity index (χ0n) is 13.0. The maximum atomic E-state index is 13.1. The zero-order chi connectivity index (χ0) is 18.5. The van der Waals surface area contributed by atoms with E-state index in [1.54, 1.807) is 0 Å². The number of hydrogen-bond donors (Lipinski definition) is 1. The number of nitrogens with one attached hydrogen (secondary N) is 1. The molecule has 8 heteroatoms. The van der Waals surface area contributed by atoms with Crippen LogP contribution in [0.5, 0.6) is 0 Å². The van der Waals surface area contributed by atoms with Gasteiger partial charge in [-0.25, -0.2) is 0 Å². The SMILES string of the molecule is O=c1ccc2ncc3ccc(=O)n(-c4cccc(C(F)(F)F)c4)c3c2[nH]1. The average molecular weight is 357 g/mol. The third-order valence-corrected chi connectivity index (χ3v) is 4.03. The minimum absolute atomic E-state index is 0.0487. The maximum Gasteiger partial charge on any atom is 0.416 e. The third kappa shape index (κ3) is 2.55. The highest BCUT2D eigenvalue weighted by atomic mass is 19.4. The summed E-state index contributed by atoms with van der Waals surface area (Å²) in [5, 5.41) is 0.511. The fourth-order valence-electron chi connectivity index (χ4n) is 2.89. The Morgan fingerprint density at radius 1 is 1.00 bits per heavy atom. The minimum atomic E-state index is -4.54. The van der Waals surface area contributed by atoms with Crippen LogP contribution in [-0.2, 0) is 6.18 Å². The molecule has 4 aromatic rings. The molecule has 0 saturated carbocycles. The van der Waals surface area contributed by atoms with E-state index in [1.165, 1.54) is 42.6 Å². The lowest BCUT2D eigenvalue weighted by Gasteiger charge is -2.14. The first-order valence-electron chi connectivity index (χ1n) is 7.56. The molecule has 0 saturated heterocycles. The van der Waals surface area contributed by atoms with Crippen LogP contribution in [0.4, 0.5) is 13.2 Å². The van der Waals surface area contributed by atoms with E-state index in [0.717, 1.165) is 16.7 Å². The second-order valence-electron chi connectivity index (χ2n) is 5.70. The maximum absolute atomic E-state index is 13.1. The number of nitrogens with zero attached hydrogens (tertiary/aromatic N) is 2. The summed E-state index contributed by atoms with van der Waals surface area (Å²) in [4.78, 5) is 31.0. The average Bonchev–Trinajstić information content (AvgIpc) is 2.61. The quantitative estimate of drug-likeness (QED) is 0.532. The summed E-state index contributed by atoms with van der Waals surface area (Å²) >= 11 is 0. The number of aromatic amines is 1. The smallest absolute Gasteiger partial charge is 0.319 e. The molecule has 130 valence electrons. The molecule has 26 heavy (non-hydrogen) atoms. The van der Waals surface area contributed by atoms with Crippen LogP contribution in [-0.4, -0.2) is 14.5 Å². The molecule has 3 heterocycles. The number of H-pyrrole nitrogens is 1. The fourth-order valence-corrected chi connectivity index (χ4v) is 2.89. The standard InChI is InChI=1S/C18H10F3N3O2/c19-18(20,21)11-2-1-3-12(8-11)24-15(26)7-4-10-9-22-13-5-6-14(25)23-16(13)17(10)24/h1-9H,(H,23,25). The van der Waals surface area contributed by atoms with Gasteiger partial charge in [-0.1, -0.05) is 6.07 Å². The van der Waals surface area contributed by atoms with Crippen LogP contribution < -0.4 is 11.1 Å². The van der Waals surface area contributed by atoms with E-state index in [2.05, 4.69) is 9.97 Å². The molecule has 0 aliphatic carbocycles. The van der Waals surface area contributed by atoms with Gasteiger partial charge in [-0.3, -0.25) is 19.1 Å². The number of rotatable bonds is 1. The van der Waals surface area contributed by atoms with Gasteiger partial charge in [0.15, 0.2) is 0 Å². The van der Waals surface area contributed by atoms with Gasteiger partial charge in [-0.2, -0.15) is 13.2 Å². The van der Waals surface area contributed by atoms with Gasteiger partial charge < -0.3 is 4.98 Å². The van der Waals surface area contributed by atoms with Crippen molar-refractivity contribution in [3.63, 3.8) is 0 Å². The first-order chi connectivity index (χ1) is 12.3. The van der Waals surface area contributed by atoms with Gasteiger partial charge >= 0.3 is 6.18 Å². The van der Waals surface area contributed by atoms with E-state index in [4.69, 9.17) is 0 Å². The lowest BCUT2D eigenvalue weighted by Crippen LogP contribution is -2.19. The molecule has 3 aromatic heterocycles. The highest BCUT2D eigenvalue weighted by Crippen LogP contribution is 2.31. The molecule has 4 rings (SSSR count). The molecular weight excluding hydrogens is 347 g/mol. The predicted molar refractivity (Wildman–Crippen MR) is 90.5 cm³/mol. The Hall–Kier alpha value is -3.42. The Morgan fingerprint density at radius 2 is 1.81 bits per heavy atom. The van der Waals surface area contributed by atoms with Crippen LogP contribution in [0.15, 0.2) is 64.3 Å². The van der Waals surface area contributed by atoms with Crippen LogP contribution in [0.3, 0.4) is 0 Å². The van der Waals surface area contributed by atoms with E-state index < -0.39 is 22.9 Å². The highest BCUT2D eigenvalue weighted by Gasteiger charge is 2.30. The Bertz CT molecular complexity index is 1270. The molecule has 0 atom stereocenters. The van der Waals surface area contributed by atoms with Crippen molar-refractivity contribution in [2.24, 2.45) is 0 Å². The Kier molecular flexibility index (Phi) is 3.43. The number of pyridine rings is 3. The second kappa shape index (κ2) is 5.55. The van der Waals surface area contributed by atoms with Gasteiger partial charge in [0.1, 0.15) is 0 Å². The molecule has 0 aliphatic rings. The highest BCUT2D eigenvalue weighted by molar-refractivity contribution is 6.01. The Morgan fingerprint density at radius 3 is 2.58 bits per heavy atom. The number of benzene rings is 1. The van der Waals surface area contributed by atoms with E-state index in [-0.39, 0.29) is 11.2 Å². The molecule has 5 nitrogen and oxygen atoms in total. The Balaban J connectivity index is 2.16. The van der Waals surface area contributed by atoms with Gasteiger partial charge in [0, 0.05) is 29.4 Å². The fraction of sp³-hybridized carbons (Fsp3) is 0.0556. The van der Waals surface area contributed by atoms with Crippen LogP contribution in [0.2, 0.25) is 0 Å². The molecule has 0 aliphatic heterocycles. The first kappa shape index (κ1) is 16.1. The van der Waals surface area contributed by atoms with Crippen molar-refractivity contribution < 1.29 is 13.2 Å². The number of hydrogen-bond acceptors (Lipinski definition) is 3. The monoisotopic (exact) mass is 357 g/mol. The number of halogens is 3. The number of alkyl halides is 3. The van der Waals surface area contributed by atoms with Crippen molar-refractivity contribution in [2.45, 2.75) is 6.18 Å². The number of aromatic nitrogens is 3. The van der Waals surface area contributed by atoms with Crippen molar-refractivity contribution in [3.8, 4) is 5.69 Å². The van der Waals surface area contributed by atoms with Gasteiger partial charge in [0.25, 0.3) is 5.56 Å². The van der Waals surface area contributed by atoms with Crippen LogP contribution >= 0.6 is 0 Å². The van der Waals surface area contributed by atoms with Crippen molar-refractivity contribution in [1.29, 1.82) is 0 Å². The molecule has 0 amide bonds. The zero-order valence-corrected chi connectivity index (χ0v) is 13.0. The van der Waals surface area contributed by atoms with Crippen LogP contribution in [0.25, 0.3) is 27.6 Å². The van der Waals surface area contributed by atoms with Crippen molar-refractivity contribution in [3.05, 3.63) is 81.0 Å². The molecule has 1 aromatic carbocycles. The molecule has 0 fully saturated rings. The summed E-state index contributed by atoms with van der Waals surface area (Å²) in [5.74, 6) is 0. The normalized spacial score (nSPS) is 12.0. The van der Waals surface area contributed by atoms with Crippen LogP contribution in [0, 0.1) is 0 Å². The van der Waals surface area contributed by atoms with Crippen molar-refractivity contribution in [2.75, 3.05) is 0 Å². The van der Waals surface area contributed by atoms with Gasteiger partial charge in [0.05, 0.1) is 22.1 Å². The van der Waals surface area contributed by atoms with Crippen molar-refractivity contribution >= 4 is 21.9 Å². The molecule has 0 bridgehead atoms. The molecule has 0 spiro atoms. The van der Waals surface area contributed by atoms with Crippen LogP contribution in [0.1, 0.15) is 5.56 Å². The molecule has 0 radical (unpaired) electrons. The molecule has 1 N–H and O–H groups in total. The predicted octanol–water partition coefficient (Wildman–Crippen LogP) is 3.25. The lowest BCUT2D eigenvalue weighted by molar-refractivity contribution is -0.137. The summed E-state index contributed by atoms with van der Waals surface area (Å²) in [7, 11) is 0. The van der Waals surface area contributed by atoms with Gasteiger partial charge in [-0.05, 0) is 30.3 Å².